The first-order valence-electron chi connectivity index (χ1n) is 17.5. The number of hydrogen-bond acceptors (Lipinski definition) is 4. The first-order valence-corrected chi connectivity index (χ1v) is 21.0. The van der Waals surface area contributed by atoms with E-state index < -0.39 is 8.07 Å². The Balaban J connectivity index is 0.000000190. The van der Waals surface area contributed by atoms with Crippen molar-refractivity contribution >= 4 is 35.3 Å². The molecule has 6 heteroatoms. The minimum atomic E-state index is -1.36. The van der Waals surface area contributed by atoms with Crippen molar-refractivity contribution < 1.29 is 24.5 Å². The molecule has 0 saturated heterocycles. The van der Waals surface area contributed by atoms with Crippen molar-refractivity contribution in [3.8, 4) is 22.5 Å². The summed E-state index contributed by atoms with van der Waals surface area (Å²) in [6.45, 7) is 18.2. The van der Waals surface area contributed by atoms with E-state index in [1.807, 2.05) is 37.4 Å². The van der Waals surface area contributed by atoms with Crippen LogP contribution < -0.4 is 5.19 Å². The van der Waals surface area contributed by atoms with Crippen LogP contribution in [0.3, 0.4) is 0 Å². The fraction of sp³-hybridized carbons (Fsp3) is 0.372. The van der Waals surface area contributed by atoms with Crippen LogP contribution in [0, 0.1) is 31.4 Å². The molecule has 1 radical (unpaired) electrons. The van der Waals surface area contributed by atoms with Crippen molar-refractivity contribution in [3.63, 3.8) is 0 Å². The van der Waals surface area contributed by atoms with Gasteiger partial charge in [0, 0.05) is 43.6 Å². The second kappa shape index (κ2) is 15.2. The summed E-state index contributed by atoms with van der Waals surface area (Å²) < 4.78 is 5.87. The molecule has 0 amide bonds. The van der Waals surface area contributed by atoms with Gasteiger partial charge in [-0.2, -0.15) is 0 Å². The molecule has 1 aliphatic carbocycles. The van der Waals surface area contributed by atoms with Crippen LogP contribution in [0.25, 0.3) is 44.6 Å². The van der Waals surface area contributed by atoms with Crippen LogP contribution in [0.2, 0.25) is 19.6 Å². The van der Waals surface area contributed by atoms with E-state index in [4.69, 9.17) is 9.40 Å². The minimum absolute atomic E-state index is 0. The van der Waals surface area contributed by atoms with E-state index in [1.165, 1.54) is 43.2 Å². The summed E-state index contributed by atoms with van der Waals surface area (Å²) in [5, 5.41) is 3.64. The van der Waals surface area contributed by atoms with Crippen molar-refractivity contribution in [1.29, 1.82) is 0 Å². The molecule has 0 aliphatic heterocycles. The third-order valence-electron chi connectivity index (χ3n) is 9.39. The number of furan rings is 1. The Morgan fingerprint density at radius 1 is 0.837 bits per heavy atom. The van der Waals surface area contributed by atoms with E-state index in [0.29, 0.717) is 5.71 Å². The van der Waals surface area contributed by atoms with Gasteiger partial charge in [-0.1, -0.05) is 88.3 Å². The van der Waals surface area contributed by atoms with E-state index in [2.05, 4.69) is 112 Å². The third kappa shape index (κ3) is 8.84. The maximum atomic E-state index is 5.87. The molecule has 0 bridgehead atoms. The molecule has 4 aromatic heterocycles. The molecule has 6 aromatic rings. The Morgan fingerprint density at radius 2 is 1.57 bits per heavy atom. The van der Waals surface area contributed by atoms with Crippen molar-refractivity contribution in [3.05, 3.63) is 108 Å². The number of aromatic nitrogens is 3. The van der Waals surface area contributed by atoms with Crippen molar-refractivity contribution in [2.75, 3.05) is 0 Å². The number of nitrogens with zero attached hydrogens (tertiary/aromatic N) is 3. The third-order valence-corrected chi connectivity index (χ3v) is 11.4. The second-order valence-corrected chi connectivity index (χ2v) is 20.8. The average molecular weight is 844 g/mol. The van der Waals surface area contributed by atoms with Gasteiger partial charge in [0.1, 0.15) is 0 Å². The largest absolute Gasteiger partial charge is 0.486 e. The SMILES string of the molecule is C[Si](C)(C)c1cnc(-c2[c-]cccc2)cc1C1CCCCC1.Cc1ccc2c(n1)oc1c[c-]c(-c3cc(CC(C)(C)C)c(C)cn3)cc12.[Ir]. The molecule has 0 atom stereocenters. The molecule has 1 aliphatic rings. The summed E-state index contributed by atoms with van der Waals surface area (Å²) >= 11 is 0. The van der Waals surface area contributed by atoms with Crippen LogP contribution in [0.1, 0.15) is 81.2 Å². The average Bonchev–Trinajstić information content (AvgIpc) is 3.42. The second-order valence-electron chi connectivity index (χ2n) is 15.8. The fourth-order valence-corrected chi connectivity index (χ4v) is 8.46. The topological polar surface area (TPSA) is 51.8 Å². The summed E-state index contributed by atoms with van der Waals surface area (Å²) in [7, 11) is -1.36. The predicted octanol–water partition coefficient (Wildman–Crippen LogP) is 11.2. The van der Waals surface area contributed by atoms with Crippen molar-refractivity contribution in [1.82, 2.24) is 15.0 Å². The quantitative estimate of drug-likeness (QED) is 0.128. The molecule has 4 heterocycles. The maximum Gasteiger partial charge on any atom is 0.216 e. The molecule has 0 spiro atoms. The fourth-order valence-electron chi connectivity index (χ4n) is 6.86. The monoisotopic (exact) mass is 844 g/mol. The van der Waals surface area contributed by atoms with E-state index in [0.717, 1.165) is 56.9 Å². The van der Waals surface area contributed by atoms with E-state index in [-0.39, 0.29) is 25.5 Å². The molecule has 7 rings (SSSR count). The normalized spacial score (nSPS) is 14.0. The molecule has 49 heavy (non-hydrogen) atoms. The van der Waals surface area contributed by atoms with Gasteiger partial charge in [-0.25, -0.2) is 4.98 Å². The molecule has 0 N–H and O–H groups in total. The van der Waals surface area contributed by atoms with Gasteiger partial charge < -0.3 is 14.4 Å². The molecule has 2 aromatic carbocycles. The molecule has 257 valence electrons. The number of aryl methyl sites for hydroxylation is 2. The van der Waals surface area contributed by atoms with E-state index >= 15 is 0 Å². The molecule has 1 saturated carbocycles. The Kier molecular flexibility index (Phi) is 11.4. The molecule has 0 unspecified atom stereocenters. The minimum Gasteiger partial charge on any atom is -0.486 e. The molecular weight excluding hydrogens is 795 g/mol. The van der Waals surface area contributed by atoms with Crippen molar-refractivity contribution in [2.24, 2.45) is 5.41 Å². The molecular formula is C43H49IrN3OSi-2. The zero-order valence-electron chi connectivity index (χ0n) is 30.3. The summed E-state index contributed by atoms with van der Waals surface area (Å²) in [5.41, 5.74) is 11.0. The van der Waals surface area contributed by atoms with Crippen LogP contribution in [0.5, 0.6) is 0 Å². The predicted molar refractivity (Wildman–Crippen MR) is 204 cm³/mol. The zero-order valence-corrected chi connectivity index (χ0v) is 33.7. The zero-order chi connectivity index (χ0) is 34.1. The van der Waals surface area contributed by atoms with Gasteiger partial charge in [0.25, 0.3) is 0 Å². The Labute approximate surface area is 307 Å². The Bertz CT molecular complexity index is 2030. The van der Waals surface area contributed by atoms with E-state index in [1.54, 1.807) is 10.8 Å². The Hall–Kier alpha value is -3.44. The first kappa shape index (κ1) is 36.8. The summed E-state index contributed by atoms with van der Waals surface area (Å²) in [6.07, 6.45) is 12.0. The van der Waals surface area contributed by atoms with Gasteiger partial charge in [-0.3, -0.25) is 0 Å². The summed E-state index contributed by atoms with van der Waals surface area (Å²) in [5.74, 6) is 0.737. The van der Waals surface area contributed by atoms with Crippen LogP contribution >= 0.6 is 0 Å². The molecule has 4 nitrogen and oxygen atoms in total. The van der Waals surface area contributed by atoms with Crippen LogP contribution in [-0.4, -0.2) is 23.0 Å². The number of hydrogen-bond donors (Lipinski definition) is 0. The van der Waals surface area contributed by atoms with Crippen LogP contribution in [-0.2, 0) is 26.5 Å². The number of rotatable bonds is 5. The number of pyridine rings is 3. The van der Waals surface area contributed by atoms with Crippen LogP contribution in [0.4, 0.5) is 0 Å². The van der Waals surface area contributed by atoms with Crippen LogP contribution in [0.15, 0.2) is 77.5 Å². The standard InChI is InChI=1S/C23H23N2O.C20H26NSi.Ir/c1-14-13-24-20(11-17(14)12-23(3,4)5)16-7-9-21-19(10-16)18-8-6-15(2)25-22(18)26-21;1-22(2,3)20-15-21-19(17-12-8-5-9-13-17)14-18(20)16-10-6-4-7-11-16;/h6,8-11,13H,12H2,1-5H3;5,8-9,12,14-16H,4,6-7,10-11H2,1-3H3;/q2*-1;. The summed E-state index contributed by atoms with van der Waals surface area (Å²) in [6, 6.07) is 27.5. The first-order chi connectivity index (χ1) is 22.9. The van der Waals surface area contributed by atoms with Gasteiger partial charge >= 0.3 is 0 Å². The van der Waals surface area contributed by atoms with Crippen molar-refractivity contribution in [2.45, 2.75) is 98.7 Å². The van der Waals surface area contributed by atoms with Gasteiger partial charge in [0.05, 0.1) is 13.7 Å². The van der Waals surface area contributed by atoms with E-state index in [9.17, 15) is 0 Å². The number of fused-ring (bicyclic) bond motifs is 3. The van der Waals surface area contributed by atoms with Gasteiger partial charge in [-0.05, 0) is 78.7 Å². The van der Waals surface area contributed by atoms with Gasteiger partial charge in [-0.15, -0.1) is 59.7 Å². The maximum absolute atomic E-state index is 5.87. The van der Waals surface area contributed by atoms with Gasteiger partial charge in [0.2, 0.25) is 5.71 Å². The summed E-state index contributed by atoms with van der Waals surface area (Å²) in [4.78, 5) is 13.9. The van der Waals surface area contributed by atoms with Gasteiger partial charge in [0.15, 0.2) is 0 Å². The smallest absolute Gasteiger partial charge is 0.216 e. The Morgan fingerprint density at radius 3 is 2.27 bits per heavy atom. The number of benzene rings is 2. The molecule has 1 fully saturated rings.